The van der Waals surface area contributed by atoms with Gasteiger partial charge in [0, 0.05) is 36.9 Å². The SMILES string of the molecule is COc1cccc(Cn2c(-c3nccn3C)cc3ccccc32)c1. The maximum atomic E-state index is 5.36. The molecule has 0 amide bonds. The molecule has 0 bridgehead atoms. The maximum Gasteiger partial charge on any atom is 0.156 e. The van der Waals surface area contributed by atoms with E-state index in [0.29, 0.717) is 0 Å². The molecule has 0 aliphatic carbocycles. The molecule has 0 aliphatic heterocycles. The summed E-state index contributed by atoms with van der Waals surface area (Å²) in [5.41, 5.74) is 3.52. The number of aryl methyl sites for hydroxylation is 1. The van der Waals surface area contributed by atoms with Crippen molar-refractivity contribution in [2.45, 2.75) is 6.54 Å². The number of aromatic nitrogens is 3. The zero-order valence-corrected chi connectivity index (χ0v) is 13.8. The van der Waals surface area contributed by atoms with Crippen LogP contribution in [0.5, 0.6) is 5.75 Å². The van der Waals surface area contributed by atoms with E-state index in [9.17, 15) is 0 Å². The number of hydrogen-bond donors (Lipinski definition) is 0. The molecule has 4 rings (SSSR count). The molecule has 0 radical (unpaired) electrons. The predicted octanol–water partition coefficient (Wildman–Crippen LogP) is 4.10. The van der Waals surface area contributed by atoms with E-state index >= 15 is 0 Å². The van der Waals surface area contributed by atoms with E-state index in [1.54, 1.807) is 7.11 Å². The molecule has 0 spiro atoms. The normalized spacial score (nSPS) is 11.1. The summed E-state index contributed by atoms with van der Waals surface area (Å²) in [6.07, 6.45) is 3.81. The lowest BCUT2D eigenvalue weighted by Crippen LogP contribution is -2.04. The lowest BCUT2D eigenvalue weighted by atomic mass is 10.2. The van der Waals surface area contributed by atoms with Crippen LogP contribution < -0.4 is 4.74 Å². The number of benzene rings is 2. The van der Waals surface area contributed by atoms with Gasteiger partial charge in [0.1, 0.15) is 5.75 Å². The van der Waals surface area contributed by atoms with E-state index in [4.69, 9.17) is 4.74 Å². The van der Waals surface area contributed by atoms with Crippen LogP contribution in [0.25, 0.3) is 22.4 Å². The average Bonchev–Trinajstić information content (AvgIpc) is 3.19. The molecule has 0 unspecified atom stereocenters. The molecule has 0 aliphatic rings. The molecular weight excluding hydrogens is 298 g/mol. The molecule has 0 saturated carbocycles. The molecule has 0 saturated heterocycles. The van der Waals surface area contributed by atoms with Gasteiger partial charge < -0.3 is 13.9 Å². The first-order valence-corrected chi connectivity index (χ1v) is 7.95. The van der Waals surface area contributed by atoms with Crippen molar-refractivity contribution in [2.75, 3.05) is 7.11 Å². The van der Waals surface area contributed by atoms with Gasteiger partial charge in [0.25, 0.3) is 0 Å². The number of hydrogen-bond acceptors (Lipinski definition) is 2. The Morgan fingerprint density at radius 2 is 1.92 bits per heavy atom. The highest BCUT2D eigenvalue weighted by atomic mass is 16.5. The molecule has 2 aromatic heterocycles. The van der Waals surface area contributed by atoms with Crippen molar-refractivity contribution in [1.82, 2.24) is 14.1 Å². The second-order valence-electron chi connectivity index (χ2n) is 5.89. The Kier molecular flexibility index (Phi) is 3.58. The molecule has 0 atom stereocenters. The topological polar surface area (TPSA) is 32.0 Å². The quantitative estimate of drug-likeness (QED) is 0.567. The molecule has 4 heteroatoms. The van der Waals surface area contributed by atoms with Crippen molar-refractivity contribution in [3.8, 4) is 17.3 Å². The van der Waals surface area contributed by atoms with Gasteiger partial charge in [-0.25, -0.2) is 4.98 Å². The van der Waals surface area contributed by atoms with Crippen molar-refractivity contribution >= 4 is 10.9 Å². The van der Waals surface area contributed by atoms with E-state index in [1.807, 2.05) is 31.6 Å². The Balaban J connectivity index is 1.88. The van der Waals surface area contributed by atoms with Crippen molar-refractivity contribution in [2.24, 2.45) is 7.05 Å². The standard InChI is InChI=1S/C20H19N3O/c1-22-11-10-21-20(22)19-13-16-7-3-4-9-18(16)23(19)14-15-6-5-8-17(12-15)24-2/h3-13H,14H2,1-2H3. The van der Waals surface area contributed by atoms with Gasteiger partial charge in [-0.1, -0.05) is 30.3 Å². The summed E-state index contributed by atoms with van der Waals surface area (Å²) >= 11 is 0. The molecule has 4 nitrogen and oxygen atoms in total. The number of fused-ring (bicyclic) bond motifs is 1. The van der Waals surface area contributed by atoms with E-state index in [0.717, 1.165) is 23.8 Å². The highest BCUT2D eigenvalue weighted by molar-refractivity contribution is 5.86. The highest BCUT2D eigenvalue weighted by Gasteiger charge is 2.14. The van der Waals surface area contributed by atoms with E-state index in [2.05, 4.69) is 56.6 Å². The van der Waals surface area contributed by atoms with Gasteiger partial charge in [-0.3, -0.25) is 0 Å². The van der Waals surface area contributed by atoms with Crippen LogP contribution >= 0.6 is 0 Å². The molecule has 4 aromatic rings. The zero-order valence-electron chi connectivity index (χ0n) is 13.8. The van der Waals surface area contributed by atoms with Crippen LogP contribution in [0.4, 0.5) is 0 Å². The number of rotatable bonds is 4. The van der Waals surface area contributed by atoms with Gasteiger partial charge in [-0.2, -0.15) is 0 Å². The number of imidazole rings is 1. The Labute approximate surface area is 140 Å². The van der Waals surface area contributed by atoms with Gasteiger partial charge in [0.15, 0.2) is 5.82 Å². The lowest BCUT2D eigenvalue weighted by molar-refractivity contribution is 0.414. The minimum atomic E-state index is 0.771. The first kappa shape index (κ1) is 14.6. The fourth-order valence-corrected chi connectivity index (χ4v) is 3.13. The highest BCUT2D eigenvalue weighted by Crippen LogP contribution is 2.28. The van der Waals surface area contributed by atoms with Gasteiger partial charge in [0.05, 0.1) is 12.8 Å². The Morgan fingerprint density at radius 3 is 2.71 bits per heavy atom. The lowest BCUT2D eigenvalue weighted by Gasteiger charge is -2.12. The summed E-state index contributed by atoms with van der Waals surface area (Å²) in [5, 5.41) is 1.22. The Bertz CT molecular complexity index is 997. The first-order chi connectivity index (χ1) is 11.8. The maximum absolute atomic E-state index is 5.36. The minimum Gasteiger partial charge on any atom is -0.497 e. The number of para-hydroxylation sites is 1. The molecular formula is C20H19N3O. The van der Waals surface area contributed by atoms with Crippen LogP contribution in [0.2, 0.25) is 0 Å². The van der Waals surface area contributed by atoms with Gasteiger partial charge in [-0.05, 0) is 29.8 Å². The summed E-state index contributed by atoms with van der Waals surface area (Å²) in [6, 6.07) is 18.9. The zero-order chi connectivity index (χ0) is 16.5. The smallest absolute Gasteiger partial charge is 0.156 e. The average molecular weight is 317 g/mol. The van der Waals surface area contributed by atoms with E-state index in [-0.39, 0.29) is 0 Å². The second kappa shape index (κ2) is 5.89. The summed E-state index contributed by atoms with van der Waals surface area (Å²) in [6.45, 7) is 0.771. The monoisotopic (exact) mass is 317 g/mol. The number of methoxy groups -OCH3 is 1. The van der Waals surface area contributed by atoms with Crippen LogP contribution in [0.15, 0.2) is 67.0 Å². The van der Waals surface area contributed by atoms with Crippen molar-refractivity contribution in [1.29, 1.82) is 0 Å². The summed E-state index contributed by atoms with van der Waals surface area (Å²) < 4.78 is 9.72. The van der Waals surface area contributed by atoms with Crippen LogP contribution in [-0.4, -0.2) is 21.2 Å². The third-order valence-corrected chi connectivity index (χ3v) is 4.34. The summed E-state index contributed by atoms with van der Waals surface area (Å²) in [4.78, 5) is 4.53. The molecule has 120 valence electrons. The second-order valence-corrected chi connectivity index (χ2v) is 5.89. The van der Waals surface area contributed by atoms with E-state index < -0.39 is 0 Å². The van der Waals surface area contributed by atoms with Gasteiger partial charge >= 0.3 is 0 Å². The Hall–Kier alpha value is -3.01. The number of nitrogens with zero attached hydrogens (tertiary/aromatic N) is 3. The van der Waals surface area contributed by atoms with Gasteiger partial charge in [-0.15, -0.1) is 0 Å². The number of ether oxygens (including phenoxy) is 1. The fourth-order valence-electron chi connectivity index (χ4n) is 3.13. The minimum absolute atomic E-state index is 0.771. The van der Waals surface area contributed by atoms with Crippen LogP contribution in [0, 0.1) is 0 Å². The molecule has 24 heavy (non-hydrogen) atoms. The first-order valence-electron chi connectivity index (χ1n) is 7.95. The van der Waals surface area contributed by atoms with Crippen LogP contribution in [-0.2, 0) is 13.6 Å². The third-order valence-electron chi connectivity index (χ3n) is 4.34. The van der Waals surface area contributed by atoms with Crippen molar-refractivity contribution in [3.05, 3.63) is 72.6 Å². The van der Waals surface area contributed by atoms with E-state index in [1.165, 1.54) is 16.5 Å². The molecule has 0 N–H and O–H groups in total. The summed E-state index contributed by atoms with van der Waals surface area (Å²) in [5.74, 6) is 1.84. The van der Waals surface area contributed by atoms with Crippen LogP contribution in [0.1, 0.15) is 5.56 Å². The Morgan fingerprint density at radius 1 is 1.04 bits per heavy atom. The summed E-state index contributed by atoms with van der Waals surface area (Å²) in [7, 11) is 3.72. The van der Waals surface area contributed by atoms with Crippen LogP contribution in [0.3, 0.4) is 0 Å². The van der Waals surface area contributed by atoms with Crippen molar-refractivity contribution < 1.29 is 4.74 Å². The largest absolute Gasteiger partial charge is 0.497 e. The predicted molar refractivity (Wildman–Crippen MR) is 96.2 cm³/mol. The fraction of sp³-hybridized carbons (Fsp3) is 0.150. The van der Waals surface area contributed by atoms with Gasteiger partial charge in [0.2, 0.25) is 0 Å². The van der Waals surface area contributed by atoms with Crippen molar-refractivity contribution in [3.63, 3.8) is 0 Å². The molecule has 2 heterocycles. The molecule has 2 aromatic carbocycles. The third kappa shape index (κ3) is 2.46. The molecule has 0 fully saturated rings.